The molecule has 0 saturated carbocycles. The maximum Gasteiger partial charge on any atom is 0.223 e. The molecule has 0 spiro atoms. The number of ether oxygens (including phenoxy) is 1. The quantitative estimate of drug-likeness (QED) is 0.690. The van der Waals surface area contributed by atoms with E-state index in [1.54, 1.807) is 12.0 Å². The number of methoxy groups -OCH3 is 1. The molecule has 2 rings (SSSR count). The summed E-state index contributed by atoms with van der Waals surface area (Å²) in [6, 6.07) is 8.14. The normalized spacial score (nSPS) is 16.0. The fourth-order valence-electron chi connectivity index (χ4n) is 2.99. The lowest BCUT2D eigenvalue weighted by molar-refractivity contribution is -0.132. The van der Waals surface area contributed by atoms with Gasteiger partial charge in [0.15, 0.2) is 0 Å². The topological polar surface area (TPSA) is 66.9 Å². The number of amides is 1. The van der Waals surface area contributed by atoms with E-state index in [0.29, 0.717) is 13.1 Å². The molecule has 0 aliphatic carbocycles. The summed E-state index contributed by atoms with van der Waals surface area (Å²) in [5.74, 6) is 0.771. The molecule has 0 unspecified atom stereocenters. The largest absolute Gasteiger partial charge is 0.497 e. The molecule has 0 atom stereocenters. The minimum absolute atomic E-state index is 0.0542. The average Bonchev–Trinajstić information content (AvgIpc) is 2.60. The number of rotatable bonds is 8. The second kappa shape index (κ2) is 9.20. The Hall–Kier alpha value is -1.60. The Labute approximate surface area is 150 Å². The van der Waals surface area contributed by atoms with Gasteiger partial charge in [-0.2, -0.15) is 0 Å². The molecule has 0 aromatic heterocycles. The summed E-state index contributed by atoms with van der Waals surface area (Å²) in [5, 5.41) is 0. The minimum Gasteiger partial charge on any atom is -0.497 e. The Morgan fingerprint density at radius 3 is 2.56 bits per heavy atom. The van der Waals surface area contributed by atoms with E-state index in [1.807, 2.05) is 12.1 Å². The van der Waals surface area contributed by atoms with Crippen molar-refractivity contribution in [2.75, 3.05) is 51.8 Å². The Kier molecular flexibility index (Phi) is 7.25. The van der Waals surface area contributed by atoms with E-state index in [0.717, 1.165) is 38.2 Å². The number of nitrogens with zero attached hydrogens (tertiary/aromatic N) is 2. The lowest BCUT2D eigenvalue weighted by atomic mass is 10.1. The molecule has 1 heterocycles. The summed E-state index contributed by atoms with van der Waals surface area (Å²) in [6.45, 7) is 4.07. The van der Waals surface area contributed by atoms with Gasteiger partial charge in [-0.15, -0.1) is 0 Å². The minimum atomic E-state index is -3.08. The van der Waals surface area contributed by atoms with Crippen molar-refractivity contribution in [2.45, 2.75) is 19.3 Å². The molecule has 7 heteroatoms. The molecule has 1 amide bonds. The number of hydrogen-bond donors (Lipinski definition) is 0. The number of sulfone groups is 1. The van der Waals surface area contributed by atoms with Gasteiger partial charge in [0.05, 0.1) is 12.9 Å². The summed E-state index contributed by atoms with van der Waals surface area (Å²) >= 11 is 0. The highest BCUT2D eigenvalue weighted by atomic mass is 32.2. The second-order valence-electron chi connectivity index (χ2n) is 6.56. The fraction of sp³-hybridized carbons (Fsp3) is 0.611. The zero-order valence-corrected chi connectivity index (χ0v) is 15.9. The van der Waals surface area contributed by atoms with Crippen LogP contribution in [0.3, 0.4) is 0 Å². The van der Waals surface area contributed by atoms with Crippen molar-refractivity contribution in [3.05, 3.63) is 29.8 Å². The van der Waals surface area contributed by atoms with Gasteiger partial charge in [-0.3, -0.25) is 9.69 Å². The number of aryl methyl sites for hydroxylation is 1. The number of piperazine rings is 1. The first kappa shape index (κ1) is 19.7. The third-order valence-corrected chi connectivity index (χ3v) is 5.43. The van der Waals surface area contributed by atoms with Crippen molar-refractivity contribution in [1.29, 1.82) is 0 Å². The van der Waals surface area contributed by atoms with Crippen molar-refractivity contribution in [1.82, 2.24) is 9.80 Å². The highest BCUT2D eigenvalue weighted by Gasteiger charge is 2.21. The van der Waals surface area contributed by atoms with E-state index < -0.39 is 9.84 Å². The number of benzene rings is 1. The number of carbonyl (C=O) groups excluding carboxylic acids is 1. The van der Waals surface area contributed by atoms with Crippen LogP contribution < -0.4 is 4.74 Å². The highest BCUT2D eigenvalue weighted by Crippen LogP contribution is 2.14. The molecule has 1 aliphatic heterocycles. The van der Waals surface area contributed by atoms with Crippen molar-refractivity contribution in [3.63, 3.8) is 0 Å². The van der Waals surface area contributed by atoms with Crippen LogP contribution in [0.4, 0.5) is 0 Å². The van der Waals surface area contributed by atoms with E-state index in [2.05, 4.69) is 17.0 Å². The van der Waals surface area contributed by atoms with E-state index in [-0.39, 0.29) is 18.1 Å². The van der Waals surface area contributed by atoms with Crippen molar-refractivity contribution >= 4 is 15.7 Å². The van der Waals surface area contributed by atoms with E-state index in [1.165, 1.54) is 11.8 Å². The van der Waals surface area contributed by atoms with Crippen LogP contribution in [0.25, 0.3) is 0 Å². The van der Waals surface area contributed by atoms with Gasteiger partial charge < -0.3 is 9.64 Å². The first-order chi connectivity index (χ1) is 11.9. The summed E-state index contributed by atoms with van der Waals surface area (Å²) in [5.41, 5.74) is 1.27. The maximum atomic E-state index is 12.0. The molecule has 25 heavy (non-hydrogen) atoms. The summed E-state index contributed by atoms with van der Waals surface area (Å²) in [7, 11) is -1.40. The summed E-state index contributed by atoms with van der Waals surface area (Å²) in [6.07, 6.45) is 3.33. The van der Waals surface area contributed by atoms with Gasteiger partial charge in [-0.1, -0.05) is 12.1 Å². The smallest absolute Gasteiger partial charge is 0.223 e. The van der Waals surface area contributed by atoms with Crippen molar-refractivity contribution < 1.29 is 17.9 Å². The molecule has 1 aliphatic rings. The maximum absolute atomic E-state index is 12.0. The van der Waals surface area contributed by atoms with Crippen molar-refractivity contribution in [2.24, 2.45) is 0 Å². The fourth-order valence-corrected chi connectivity index (χ4v) is 3.53. The number of carbonyl (C=O) groups is 1. The average molecular weight is 368 g/mol. The van der Waals surface area contributed by atoms with Gasteiger partial charge in [0.25, 0.3) is 0 Å². The standard InChI is InChI=1S/C18H28N2O4S/c1-24-17-7-3-5-16(15-17)6-4-9-19-10-12-20(13-11-19)18(21)8-14-25(2,22)23/h3,5,7,15H,4,6,8-14H2,1-2H3. The first-order valence-corrected chi connectivity index (χ1v) is 10.7. The third kappa shape index (κ3) is 7.04. The van der Waals surface area contributed by atoms with Crippen molar-refractivity contribution in [3.8, 4) is 5.75 Å². The van der Waals surface area contributed by atoms with Gasteiger partial charge in [0.1, 0.15) is 15.6 Å². The second-order valence-corrected chi connectivity index (χ2v) is 8.82. The molecule has 1 saturated heterocycles. The Morgan fingerprint density at radius 1 is 1.20 bits per heavy atom. The lowest BCUT2D eigenvalue weighted by Crippen LogP contribution is -2.49. The van der Waals surface area contributed by atoms with E-state index in [4.69, 9.17) is 4.74 Å². The Bertz CT molecular complexity index is 667. The highest BCUT2D eigenvalue weighted by molar-refractivity contribution is 7.90. The summed E-state index contributed by atoms with van der Waals surface area (Å²) < 4.78 is 27.6. The monoisotopic (exact) mass is 368 g/mol. The van der Waals surface area contributed by atoms with Gasteiger partial charge in [0.2, 0.25) is 5.91 Å². The van der Waals surface area contributed by atoms with Crippen LogP contribution in [-0.2, 0) is 21.1 Å². The van der Waals surface area contributed by atoms with E-state index >= 15 is 0 Å². The molecule has 0 bridgehead atoms. The molecular weight excluding hydrogens is 340 g/mol. The zero-order chi connectivity index (χ0) is 18.3. The van der Waals surface area contributed by atoms with Gasteiger partial charge in [-0.05, 0) is 37.1 Å². The van der Waals surface area contributed by atoms with Crippen LogP contribution in [0.5, 0.6) is 5.75 Å². The Balaban J connectivity index is 1.67. The van der Waals surface area contributed by atoms with Crippen LogP contribution in [0.15, 0.2) is 24.3 Å². The van der Waals surface area contributed by atoms with Crippen LogP contribution >= 0.6 is 0 Å². The van der Waals surface area contributed by atoms with Crippen LogP contribution in [-0.4, -0.2) is 76.0 Å². The first-order valence-electron chi connectivity index (χ1n) is 8.68. The van der Waals surface area contributed by atoms with E-state index in [9.17, 15) is 13.2 Å². The van der Waals surface area contributed by atoms with Gasteiger partial charge in [-0.25, -0.2) is 8.42 Å². The molecule has 0 radical (unpaired) electrons. The molecular formula is C18H28N2O4S. The molecule has 6 nitrogen and oxygen atoms in total. The molecule has 140 valence electrons. The molecule has 1 aromatic carbocycles. The van der Waals surface area contributed by atoms with Crippen LogP contribution in [0, 0.1) is 0 Å². The van der Waals surface area contributed by atoms with Gasteiger partial charge >= 0.3 is 0 Å². The lowest BCUT2D eigenvalue weighted by Gasteiger charge is -2.34. The Morgan fingerprint density at radius 2 is 1.92 bits per heavy atom. The predicted octanol–water partition coefficient (Wildman–Crippen LogP) is 1.21. The zero-order valence-electron chi connectivity index (χ0n) is 15.1. The molecule has 1 fully saturated rings. The van der Waals surface area contributed by atoms with Crippen LogP contribution in [0.2, 0.25) is 0 Å². The SMILES string of the molecule is COc1cccc(CCCN2CCN(C(=O)CCS(C)(=O)=O)CC2)c1. The summed E-state index contributed by atoms with van der Waals surface area (Å²) in [4.78, 5) is 16.2. The predicted molar refractivity (Wildman–Crippen MR) is 98.7 cm³/mol. The number of hydrogen-bond acceptors (Lipinski definition) is 5. The van der Waals surface area contributed by atoms with Gasteiger partial charge in [0, 0.05) is 38.9 Å². The molecule has 1 aromatic rings. The molecule has 0 N–H and O–H groups in total. The third-order valence-electron chi connectivity index (χ3n) is 4.49. The van der Waals surface area contributed by atoms with Crippen LogP contribution in [0.1, 0.15) is 18.4 Å².